The number of rotatable bonds is 4. The van der Waals surface area contributed by atoms with E-state index in [1.165, 1.54) is 18.2 Å². The van der Waals surface area contributed by atoms with Crippen LogP contribution in [-0.4, -0.2) is 12.6 Å². The third-order valence-electron chi connectivity index (χ3n) is 0.627. The molecular weight excluding hydrogens is 132 g/mol. The van der Waals surface area contributed by atoms with Gasteiger partial charge in [-0.2, -0.15) is 4.89 Å². The Hall–Kier alpha value is -1.09. The van der Waals surface area contributed by atoms with Crippen LogP contribution in [0.5, 0.6) is 0 Å². The maximum Gasteiger partial charge on any atom is 0.365 e. The van der Waals surface area contributed by atoms with Gasteiger partial charge in [-0.15, -0.1) is 0 Å². The van der Waals surface area contributed by atoms with E-state index < -0.39 is 5.97 Å². The van der Waals surface area contributed by atoms with Gasteiger partial charge in [0, 0.05) is 6.08 Å². The van der Waals surface area contributed by atoms with Gasteiger partial charge in [0.05, 0.1) is 6.61 Å². The van der Waals surface area contributed by atoms with Gasteiger partial charge >= 0.3 is 5.97 Å². The molecule has 0 atom stereocenters. The molecule has 56 valence electrons. The minimum Gasteiger partial charge on any atom is -0.294 e. The second-order valence-corrected chi connectivity index (χ2v) is 1.40. The minimum absolute atomic E-state index is 0.355. The second kappa shape index (κ2) is 6.04. The maximum atomic E-state index is 10.5. The Labute approximate surface area is 59.9 Å². The third kappa shape index (κ3) is 5.05. The fraction of sp³-hybridized carbons (Fsp3) is 0.286. The van der Waals surface area contributed by atoms with Crippen molar-refractivity contribution in [2.24, 2.45) is 0 Å². The van der Waals surface area contributed by atoms with E-state index in [1.807, 2.05) is 0 Å². The minimum atomic E-state index is -0.526. The van der Waals surface area contributed by atoms with Gasteiger partial charge in [0.15, 0.2) is 0 Å². The molecule has 0 aliphatic heterocycles. The Balaban J connectivity index is 3.43. The lowest BCUT2D eigenvalue weighted by Gasteiger charge is -1.94. The van der Waals surface area contributed by atoms with E-state index in [0.29, 0.717) is 6.61 Å². The molecule has 3 heteroatoms. The first-order valence-electron chi connectivity index (χ1n) is 2.93. The molecule has 0 saturated carbocycles. The molecule has 0 aromatic rings. The van der Waals surface area contributed by atoms with Crippen molar-refractivity contribution in [1.29, 1.82) is 0 Å². The maximum absolute atomic E-state index is 10.5. The quantitative estimate of drug-likeness (QED) is 0.256. The average Bonchev–Trinajstić information content (AvgIpc) is 1.97. The van der Waals surface area contributed by atoms with Gasteiger partial charge in [0.1, 0.15) is 0 Å². The summed E-state index contributed by atoms with van der Waals surface area (Å²) in [5.74, 6) is -0.526. The van der Waals surface area contributed by atoms with E-state index in [0.717, 1.165) is 0 Å². The van der Waals surface area contributed by atoms with Crippen LogP contribution in [0.15, 0.2) is 24.8 Å². The number of carbonyl (C=O) groups excluding carboxylic acids is 1. The molecule has 0 radical (unpaired) electrons. The lowest BCUT2D eigenvalue weighted by atomic mass is 10.5. The van der Waals surface area contributed by atoms with Gasteiger partial charge in [-0.1, -0.05) is 18.7 Å². The number of carbonyl (C=O) groups is 1. The Kier molecular flexibility index (Phi) is 5.38. The molecule has 0 fully saturated rings. The summed E-state index contributed by atoms with van der Waals surface area (Å²) in [5.41, 5.74) is 0. The monoisotopic (exact) mass is 142 g/mol. The Morgan fingerprint density at radius 2 is 2.40 bits per heavy atom. The van der Waals surface area contributed by atoms with E-state index in [9.17, 15) is 4.79 Å². The molecule has 0 unspecified atom stereocenters. The fourth-order valence-electron chi connectivity index (χ4n) is 0.291. The van der Waals surface area contributed by atoms with Crippen LogP contribution in [-0.2, 0) is 14.6 Å². The van der Waals surface area contributed by atoms with Crippen LogP contribution in [0.3, 0.4) is 0 Å². The first-order valence-corrected chi connectivity index (χ1v) is 2.93. The molecule has 0 aliphatic carbocycles. The summed E-state index contributed by atoms with van der Waals surface area (Å²) in [5, 5.41) is 0. The van der Waals surface area contributed by atoms with Gasteiger partial charge in [-0.3, -0.25) is 4.89 Å². The molecular formula is C7H10O3. The summed E-state index contributed by atoms with van der Waals surface area (Å²) in [7, 11) is 0. The normalized spacial score (nSPS) is 9.70. The molecule has 0 saturated heterocycles. The zero-order chi connectivity index (χ0) is 7.82. The highest BCUT2D eigenvalue weighted by atomic mass is 17.2. The average molecular weight is 142 g/mol. The highest BCUT2D eigenvalue weighted by molar-refractivity contribution is 5.81. The van der Waals surface area contributed by atoms with Crippen LogP contribution in [0.4, 0.5) is 0 Å². The summed E-state index contributed by atoms with van der Waals surface area (Å²) in [6, 6.07) is 0. The van der Waals surface area contributed by atoms with Gasteiger partial charge in [0.2, 0.25) is 0 Å². The van der Waals surface area contributed by atoms with Crippen molar-refractivity contribution >= 4 is 5.97 Å². The highest BCUT2D eigenvalue weighted by Gasteiger charge is 1.93. The van der Waals surface area contributed by atoms with Crippen molar-refractivity contribution in [1.82, 2.24) is 0 Å². The van der Waals surface area contributed by atoms with E-state index in [-0.39, 0.29) is 0 Å². The molecule has 0 spiro atoms. The van der Waals surface area contributed by atoms with Crippen molar-refractivity contribution in [2.45, 2.75) is 6.92 Å². The summed E-state index contributed by atoms with van der Waals surface area (Å²) >= 11 is 0. The standard InChI is InChI=1S/C7H10O3/c1-3-5-6-7(8)10-9-4-2/h3,5-6H,1,4H2,2H3. The molecule has 0 aromatic heterocycles. The summed E-state index contributed by atoms with van der Waals surface area (Å²) in [6.07, 6.45) is 4.18. The smallest absolute Gasteiger partial charge is 0.294 e. The van der Waals surface area contributed by atoms with Gasteiger partial charge in [0.25, 0.3) is 0 Å². The lowest BCUT2D eigenvalue weighted by Crippen LogP contribution is -2.00. The fourth-order valence-corrected chi connectivity index (χ4v) is 0.291. The molecule has 3 nitrogen and oxygen atoms in total. The predicted molar refractivity (Wildman–Crippen MR) is 37.1 cm³/mol. The summed E-state index contributed by atoms with van der Waals surface area (Å²) < 4.78 is 0. The van der Waals surface area contributed by atoms with Crippen molar-refractivity contribution in [3.63, 3.8) is 0 Å². The van der Waals surface area contributed by atoms with Crippen LogP contribution < -0.4 is 0 Å². The highest BCUT2D eigenvalue weighted by Crippen LogP contribution is 1.82. The predicted octanol–water partition coefficient (Wildman–Crippen LogP) is 1.22. The van der Waals surface area contributed by atoms with Crippen molar-refractivity contribution < 1.29 is 14.6 Å². The zero-order valence-corrected chi connectivity index (χ0v) is 5.87. The number of hydrogen-bond donors (Lipinski definition) is 0. The van der Waals surface area contributed by atoms with E-state index in [2.05, 4.69) is 16.4 Å². The molecule has 0 amide bonds. The first-order chi connectivity index (χ1) is 4.81. The zero-order valence-electron chi connectivity index (χ0n) is 5.87. The third-order valence-corrected chi connectivity index (χ3v) is 0.627. The molecule has 0 rings (SSSR count). The van der Waals surface area contributed by atoms with Crippen LogP contribution in [0.1, 0.15) is 6.92 Å². The van der Waals surface area contributed by atoms with Crippen molar-refractivity contribution in [3.05, 3.63) is 24.8 Å². The Morgan fingerprint density at radius 1 is 1.70 bits per heavy atom. The summed E-state index contributed by atoms with van der Waals surface area (Å²) in [4.78, 5) is 19.1. The van der Waals surface area contributed by atoms with E-state index >= 15 is 0 Å². The van der Waals surface area contributed by atoms with Crippen molar-refractivity contribution in [3.8, 4) is 0 Å². The van der Waals surface area contributed by atoms with E-state index in [1.54, 1.807) is 6.92 Å². The van der Waals surface area contributed by atoms with E-state index in [4.69, 9.17) is 0 Å². The van der Waals surface area contributed by atoms with Crippen molar-refractivity contribution in [2.75, 3.05) is 6.61 Å². The number of allylic oxidation sites excluding steroid dienone is 2. The van der Waals surface area contributed by atoms with Gasteiger partial charge < -0.3 is 0 Å². The summed E-state index contributed by atoms with van der Waals surface area (Å²) in [6.45, 7) is 5.46. The lowest BCUT2D eigenvalue weighted by molar-refractivity contribution is -0.264. The van der Waals surface area contributed by atoms with Crippen LogP contribution in [0, 0.1) is 0 Å². The van der Waals surface area contributed by atoms with Crippen LogP contribution >= 0.6 is 0 Å². The molecule has 10 heavy (non-hydrogen) atoms. The topological polar surface area (TPSA) is 35.5 Å². The Morgan fingerprint density at radius 3 is 2.90 bits per heavy atom. The van der Waals surface area contributed by atoms with Gasteiger partial charge in [-0.05, 0) is 6.92 Å². The molecule has 0 heterocycles. The second-order valence-electron chi connectivity index (χ2n) is 1.40. The van der Waals surface area contributed by atoms with Crippen LogP contribution in [0.2, 0.25) is 0 Å². The SMILES string of the molecule is C=CC=CC(=O)OOCC. The molecule has 0 aromatic carbocycles. The molecule has 0 N–H and O–H groups in total. The largest absolute Gasteiger partial charge is 0.365 e. The molecule has 0 aliphatic rings. The number of hydrogen-bond acceptors (Lipinski definition) is 3. The molecule has 0 bridgehead atoms. The Bertz CT molecular complexity index is 138. The van der Waals surface area contributed by atoms with Crippen LogP contribution in [0.25, 0.3) is 0 Å². The van der Waals surface area contributed by atoms with Gasteiger partial charge in [-0.25, -0.2) is 4.79 Å². The first kappa shape index (κ1) is 8.91.